The van der Waals surface area contributed by atoms with Crippen molar-refractivity contribution >= 4 is 35.1 Å². The Bertz CT molecular complexity index is 328. The predicted octanol–water partition coefficient (Wildman–Crippen LogP) is 1.65. The highest BCUT2D eigenvalue weighted by Gasteiger charge is 2.58. The fourth-order valence-electron chi connectivity index (χ4n) is 1.76. The summed E-state index contributed by atoms with van der Waals surface area (Å²) >= 11 is 11.7. The van der Waals surface area contributed by atoms with Gasteiger partial charge >= 0.3 is 5.97 Å². The average molecular weight is 266 g/mol. The maximum absolute atomic E-state index is 12.0. The first-order valence-electron chi connectivity index (χ1n) is 5.32. The van der Waals surface area contributed by atoms with Crippen molar-refractivity contribution < 1.29 is 14.7 Å². The molecule has 0 aromatic carbocycles. The lowest BCUT2D eigenvalue weighted by molar-refractivity contribution is -0.139. The molecule has 2 aliphatic carbocycles. The maximum atomic E-state index is 12.0. The molecule has 2 aliphatic rings. The first kappa shape index (κ1) is 12.0. The molecule has 2 rings (SSSR count). The lowest BCUT2D eigenvalue weighted by atomic mass is 10.3. The highest BCUT2D eigenvalue weighted by Crippen LogP contribution is 2.54. The van der Waals surface area contributed by atoms with Gasteiger partial charge in [0.25, 0.3) is 0 Å². The first-order chi connectivity index (χ1) is 7.42. The van der Waals surface area contributed by atoms with E-state index in [1.54, 1.807) is 4.90 Å². The van der Waals surface area contributed by atoms with Crippen LogP contribution in [0, 0.1) is 5.92 Å². The van der Waals surface area contributed by atoms with Crippen molar-refractivity contribution in [1.29, 1.82) is 0 Å². The number of carboxylic acid groups (broad SMARTS) is 1. The number of amides is 1. The Morgan fingerprint density at radius 1 is 1.38 bits per heavy atom. The van der Waals surface area contributed by atoms with E-state index in [1.165, 1.54) is 0 Å². The van der Waals surface area contributed by atoms with E-state index in [2.05, 4.69) is 0 Å². The molecule has 1 amide bonds. The van der Waals surface area contributed by atoms with Crippen LogP contribution in [0.3, 0.4) is 0 Å². The van der Waals surface area contributed by atoms with E-state index in [9.17, 15) is 9.59 Å². The molecule has 1 atom stereocenters. The number of rotatable bonds is 5. The Morgan fingerprint density at radius 3 is 2.31 bits per heavy atom. The second-order valence-electron chi connectivity index (χ2n) is 4.42. The molecule has 0 spiro atoms. The smallest absolute Gasteiger partial charge is 0.305 e. The van der Waals surface area contributed by atoms with E-state index in [-0.39, 0.29) is 30.8 Å². The Labute approximate surface area is 103 Å². The topological polar surface area (TPSA) is 57.6 Å². The third kappa shape index (κ3) is 2.61. The number of alkyl halides is 2. The van der Waals surface area contributed by atoms with Crippen molar-refractivity contribution in [1.82, 2.24) is 4.90 Å². The summed E-state index contributed by atoms with van der Waals surface area (Å²) in [6.07, 6.45) is 2.36. The second-order valence-corrected chi connectivity index (χ2v) is 5.97. The van der Waals surface area contributed by atoms with Gasteiger partial charge in [0.15, 0.2) is 0 Å². The predicted molar refractivity (Wildman–Crippen MR) is 59.5 cm³/mol. The van der Waals surface area contributed by atoms with Crippen LogP contribution < -0.4 is 0 Å². The maximum Gasteiger partial charge on any atom is 0.305 e. The van der Waals surface area contributed by atoms with E-state index >= 15 is 0 Å². The van der Waals surface area contributed by atoms with E-state index in [1.807, 2.05) is 0 Å². The number of halogens is 2. The zero-order valence-electron chi connectivity index (χ0n) is 8.66. The van der Waals surface area contributed by atoms with Gasteiger partial charge in [0.2, 0.25) is 5.91 Å². The average Bonchev–Trinajstić information content (AvgIpc) is 3.03. The van der Waals surface area contributed by atoms with Crippen LogP contribution in [0.25, 0.3) is 0 Å². The van der Waals surface area contributed by atoms with E-state index < -0.39 is 10.3 Å². The zero-order chi connectivity index (χ0) is 11.9. The third-order valence-corrected chi connectivity index (χ3v) is 3.80. The summed E-state index contributed by atoms with van der Waals surface area (Å²) in [5.74, 6) is -1.32. The van der Waals surface area contributed by atoms with Gasteiger partial charge in [0, 0.05) is 12.6 Å². The quantitative estimate of drug-likeness (QED) is 0.770. The van der Waals surface area contributed by atoms with Crippen molar-refractivity contribution in [3.63, 3.8) is 0 Å². The van der Waals surface area contributed by atoms with Crippen LogP contribution in [0.15, 0.2) is 0 Å². The van der Waals surface area contributed by atoms with Crippen LogP contribution in [0.1, 0.15) is 25.7 Å². The molecule has 0 radical (unpaired) electrons. The van der Waals surface area contributed by atoms with Gasteiger partial charge in [-0.25, -0.2) is 0 Å². The molecule has 0 bridgehead atoms. The standard InChI is InChI=1S/C10H13Cl2NO3/c11-10(12)5-7(10)9(16)13(6-1-2-6)4-3-8(14)15/h6-7H,1-5H2,(H,14,15). The highest BCUT2D eigenvalue weighted by atomic mass is 35.5. The van der Waals surface area contributed by atoms with Gasteiger partial charge in [0.1, 0.15) is 4.33 Å². The van der Waals surface area contributed by atoms with Crippen LogP contribution in [0.4, 0.5) is 0 Å². The number of hydrogen-bond acceptors (Lipinski definition) is 2. The molecule has 0 aromatic heterocycles. The molecule has 2 fully saturated rings. The van der Waals surface area contributed by atoms with E-state index in [4.69, 9.17) is 28.3 Å². The molecule has 0 aliphatic heterocycles. The van der Waals surface area contributed by atoms with Gasteiger partial charge in [-0.3, -0.25) is 9.59 Å². The SMILES string of the molecule is O=C(O)CCN(C(=O)C1CC1(Cl)Cl)C1CC1. The molecule has 0 aromatic rings. The van der Waals surface area contributed by atoms with E-state index in [0.717, 1.165) is 12.8 Å². The lowest BCUT2D eigenvalue weighted by Crippen LogP contribution is -2.37. The molecule has 1 N–H and O–H groups in total. The Morgan fingerprint density at radius 2 is 1.94 bits per heavy atom. The first-order valence-corrected chi connectivity index (χ1v) is 6.07. The summed E-state index contributed by atoms with van der Waals surface area (Å²) in [6.45, 7) is 0.263. The summed E-state index contributed by atoms with van der Waals surface area (Å²) < 4.78 is -0.923. The monoisotopic (exact) mass is 265 g/mol. The van der Waals surface area contributed by atoms with Gasteiger partial charge in [-0.1, -0.05) is 0 Å². The molecule has 6 heteroatoms. The van der Waals surface area contributed by atoms with Crippen LogP contribution in [0.5, 0.6) is 0 Å². The largest absolute Gasteiger partial charge is 0.481 e. The zero-order valence-corrected chi connectivity index (χ0v) is 10.2. The number of carbonyl (C=O) groups excluding carboxylic acids is 1. The lowest BCUT2D eigenvalue weighted by Gasteiger charge is -2.21. The Balaban J connectivity index is 1.92. The van der Waals surface area contributed by atoms with Crippen molar-refractivity contribution in [2.45, 2.75) is 36.1 Å². The summed E-state index contributed by atoms with van der Waals surface area (Å²) in [4.78, 5) is 24.1. The molecule has 0 heterocycles. The second kappa shape index (κ2) is 4.08. The summed E-state index contributed by atoms with van der Waals surface area (Å²) in [5.41, 5.74) is 0. The van der Waals surface area contributed by atoms with Crippen LogP contribution >= 0.6 is 23.2 Å². The molecule has 1 unspecified atom stereocenters. The normalized spacial score (nSPS) is 26.2. The number of carbonyl (C=O) groups is 2. The molecular weight excluding hydrogens is 253 g/mol. The van der Waals surface area contributed by atoms with Crippen molar-refractivity contribution in [3.8, 4) is 0 Å². The molecule has 16 heavy (non-hydrogen) atoms. The van der Waals surface area contributed by atoms with Gasteiger partial charge < -0.3 is 10.0 Å². The third-order valence-electron chi connectivity index (χ3n) is 2.96. The van der Waals surface area contributed by atoms with Gasteiger partial charge in [-0.05, 0) is 19.3 Å². The number of nitrogens with zero attached hydrogens (tertiary/aromatic N) is 1. The minimum atomic E-state index is -0.923. The highest BCUT2D eigenvalue weighted by molar-refractivity contribution is 6.52. The molecule has 90 valence electrons. The molecule has 2 saturated carbocycles. The van der Waals surface area contributed by atoms with Crippen molar-refractivity contribution in [2.24, 2.45) is 5.92 Å². The fraction of sp³-hybridized carbons (Fsp3) is 0.800. The Hall–Kier alpha value is -0.480. The summed E-state index contributed by atoms with van der Waals surface area (Å²) in [6, 6.07) is 0.205. The number of carboxylic acids is 1. The molecule has 0 saturated heterocycles. The number of aliphatic carboxylic acids is 1. The van der Waals surface area contributed by atoms with Crippen LogP contribution in [0.2, 0.25) is 0 Å². The van der Waals surface area contributed by atoms with Crippen molar-refractivity contribution in [2.75, 3.05) is 6.54 Å². The summed E-state index contributed by atoms with van der Waals surface area (Å²) in [7, 11) is 0. The Kier molecular flexibility index (Phi) is 3.05. The minimum absolute atomic E-state index is 0.0213. The molecule has 4 nitrogen and oxygen atoms in total. The van der Waals surface area contributed by atoms with Crippen molar-refractivity contribution in [3.05, 3.63) is 0 Å². The van der Waals surface area contributed by atoms with E-state index in [0.29, 0.717) is 6.42 Å². The fourth-order valence-corrected chi connectivity index (χ4v) is 2.25. The van der Waals surface area contributed by atoms with Gasteiger partial charge in [-0.2, -0.15) is 0 Å². The number of hydrogen-bond donors (Lipinski definition) is 1. The van der Waals surface area contributed by atoms with Crippen LogP contribution in [-0.4, -0.2) is 38.8 Å². The molecular formula is C10H13Cl2NO3. The van der Waals surface area contributed by atoms with Gasteiger partial charge in [-0.15, -0.1) is 23.2 Å². The minimum Gasteiger partial charge on any atom is -0.481 e. The summed E-state index contributed by atoms with van der Waals surface area (Å²) in [5, 5.41) is 8.61. The van der Waals surface area contributed by atoms with Crippen LogP contribution in [-0.2, 0) is 9.59 Å². The van der Waals surface area contributed by atoms with Gasteiger partial charge in [0.05, 0.1) is 12.3 Å².